The summed E-state index contributed by atoms with van der Waals surface area (Å²) in [5, 5.41) is 4.90. The molecular formula is C29H30FN3O3. The summed E-state index contributed by atoms with van der Waals surface area (Å²) in [7, 11) is 0. The molecule has 36 heavy (non-hydrogen) atoms. The highest BCUT2D eigenvalue weighted by Crippen LogP contribution is 2.37. The second-order valence-electron chi connectivity index (χ2n) is 9.63. The fourth-order valence-electron chi connectivity index (χ4n) is 5.44. The van der Waals surface area contributed by atoms with E-state index in [1.54, 1.807) is 18.2 Å². The highest BCUT2D eigenvalue weighted by Gasteiger charge is 2.35. The van der Waals surface area contributed by atoms with E-state index in [9.17, 15) is 18.8 Å². The number of rotatable bonds is 8. The highest BCUT2D eigenvalue weighted by atomic mass is 19.1. The molecule has 1 heterocycles. The third-order valence-electron chi connectivity index (χ3n) is 7.30. The SMILES string of the molecule is CCC(C(=O)NC1CCCC1)N(Cc1ccc(F)cc1)C(=O)CN1C(=O)c2cccc3cccc1c23. The third-order valence-corrected chi connectivity index (χ3v) is 7.30. The van der Waals surface area contributed by atoms with E-state index < -0.39 is 6.04 Å². The predicted molar refractivity (Wildman–Crippen MR) is 137 cm³/mol. The molecule has 0 saturated heterocycles. The van der Waals surface area contributed by atoms with Gasteiger partial charge in [0.25, 0.3) is 5.91 Å². The second-order valence-corrected chi connectivity index (χ2v) is 9.63. The number of halogens is 1. The Balaban J connectivity index is 1.43. The van der Waals surface area contributed by atoms with Gasteiger partial charge in [-0.15, -0.1) is 0 Å². The Bertz CT molecular complexity index is 1300. The first-order valence-electron chi connectivity index (χ1n) is 12.6. The molecule has 0 bridgehead atoms. The van der Waals surface area contributed by atoms with Gasteiger partial charge in [-0.25, -0.2) is 4.39 Å². The molecule has 6 nitrogen and oxygen atoms in total. The first-order valence-corrected chi connectivity index (χ1v) is 12.6. The molecule has 1 fully saturated rings. The molecule has 3 aromatic rings. The van der Waals surface area contributed by atoms with Gasteiger partial charge < -0.3 is 10.2 Å². The van der Waals surface area contributed by atoms with Crippen LogP contribution in [-0.4, -0.2) is 41.2 Å². The minimum atomic E-state index is -0.695. The summed E-state index contributed by atoms with van der Waals surface area (Å²) >= 11 is 0. The van der Waals surface area contributed by atoms with Gasteiger partial charge in [0, 0.05) is 23.5 Å². The summed E-state index contributed by atoms with van der Waals surface area (Å²) in [5.41, 5.74) is 1.99. The van der Waals surface area contributed by atoms with Crippen LogP contribution in [0.25, 0.3) is 10.8 Å². The number of carbonyl (C=O) groups excluding carboxylic acids is 3. The zero-order valence-electron chi connectivity index (χ0n) is 20.4. The van der Waals surface area contributed by atoms with Crippen molar-refractivity contribution >= 4 is 34.2 Å². The number of nitrogens with one attached hydrogen (secondary N) is 1. The van der Waals surface area contributed by atoms with Crippen molar-refractivity contribution in [2.45, 2.75) is 57.7 Å². The lowest BCUT2D eigenvalue weighted by molar-refractivity contribution is -0.140. The summed E-state index contributed by atoms with van der Waals surface area (Å²) in [4.78, 5) is 43.4. The Morgan fingerprint density at radius 2 is 1.75 bits per heavy atom. The monoisotopic (exact) mass is 487 g/mol. The molecule has 0 radical (unpaired) electrons. The summed E-state index contributed by atoms with van der Waals surface area (Å²) in [6.45, 7) is 1.84. The van der Waals surface area contributed by atoms with Crippen molar-refractivity contribution in [1.29, 1.82) is 0 Å². The largest absolute Gasteiger partial charge is 0.352 e. The van der Waals surface area contributed by atoms with Gasteiger partial charge in [0.15, 0.2) is 0 Å². The Labute approximate surface area is 210 Å². The predicted octanol–water partition coefficient (Wildman–Crippen LogP) is 4.81. The van der Waals surface area contributed by atoms with Gasteiger partial charge in [-0.1, -0.05) is 56.2 Å². The summed E-state index contributed by atoms with van der Waals surface area (Å²) < 4.78 is 13.5. The van der Waals surface area contributed by atoms with Crippen LogP contribution >= 0.6 is 0 Å². The van der Waals surface area contributed by atoms with Crippen LogP contribution in [0.3, 0.4) is 0 Å². The van der Waals surface area contributed by atoms with Gasteiger partial charge in [0.05, 0.1) is 5.69 Å². The van der Waals surface area contributed by atoms with Gasteiger partial charge in [0.2, 0.25) is 11.8 Å². The smallest absolute Gasteiger partial charge is 0.259 e. The number of hydrogen-bond donors (Lipinski definition) is 1. The van der Waals surface area contributed by atoms with Crippen LogP contribution in [0.5, 0.6) is 0 Å². The maximum Gasteiger partial charge on any atom is 0.259 e. The molecule has 0 aromatic heterocycles. The van der Waals surface area contributed by atoms with Crippen LogP contribution in [0.1, 0.15) is 54.9 Å². The topological polar surface area (TPSA) is 69.7 Å². The number of benzene rings is 3. The van der Waals surface area contributed by atoms with E-state index in [0.717, 1.165) is 42.0 Å². The van der Waals surface area contributed by atoms with Crippen LogP contribution in [-0.2, 0) is 16.1 Å². The molecule has 186 valence electrons. The number of nitrogens with zero attached hydrogens (tertiary/aromatic N) is 2. The molecule has 1 saturated carbocycles. The number of hydrogen-bond acceptors (Lipinski definition) is 3. The van der Waals surface area contributed by atoms with Crippen LogP contribution in [0.4, 0.5) is 10.1 Å². The van der Waals surface area contributed by atoms with E-state index in [-0.39, 0.29) is 42.7 Å². The molecule has 3 aromatic carbocycles. The van der Waals surface area contributed by atoms with Crippen molar-refractivity contribution in [3.8, 4) is 0 Å². The van der Waals surface area contributed by atoms with E-state index in [4.69, 9.17) is 0 Å². The van der Waals surface area contributed by atoms with Gasteiger partial charge in [0.1, 0.15) is 18.4 Å². The third kappa shape index (κ3) is 4.57. The average molecular weight is 488 g/mol. The number of anilines is 1. The van der Waals surface area contributed by atoms with Crippen LogP contribution in [0, 0.1) is 5.82 Å². The van der Waals surface area contributed by atoms with Crippen molar-refractivity contribution in [2.24, 2.45) is 0 Å². The van der Waals surface area contributed by atoms with Crippen molar-refractivity contribution in [1.82, 2.24) is 10.2 Å². The Kier molecular flexibility index (Phi) is 6.72. The number of carbonyl (C=O) groups is 3. The fraction of sp³-hybridized carbons (Fsp3) is 0.345. The zero-order valence-corrected chi connectivity index (χ0v) is 20.4. The van der Waals surface area contributed by atoms with Crippen LogP contribution in [0.2, 0.25) is 0 Å². The molecule has 3 amide bonds. The summed E-state index contributed by atoms with van der Waals surface area (Å²) in [6, 6.07) is 16.6. The minimum absolute atomic E-state index is 0.126. The molecule has 1 N–H and O–H groups in total. The molecule has 2 aliphatic rings. The summed E-state index contributed by atoms with van der Waals surface area (Å²) in [6.07, 6.45) is 4.48. The molecule has 1 atom stereocenters. The average Bonchev–Trinajstić information content (AvgIpc) is 3.49. The molecular weight excluding hydrogens is 457 g/mol. The van der Waals surface area contributed by atoms with E-state index in [1.807, 2.05) is 37.3 Å². The van der Waals surface area contributed by atoms with Gasteiger partial charge in [-0.3, -0.25) is 19.3 Å². The minimum Gasteiger partial charge on any atom is -0.352 e. The van der Waals surface area contributed by atoms with Crippen molar-refractivity contribution < 1.29 is 18.8 Å². The normalized spacial score (nSPS) is 15.9. The lowest BCUT2D eigenvalue weighted by Gasteiger charge is -2.33. The summed E-state index contributed by atoms with van der Waals surface area (Å²) in [5.74, 6) is -1.10. The first kappa shape index (κ1) is 24.0. The number of amides is 3. The van der Waals surface area contributed by atoms with Gasteiger partial charge in [-0.2, -0.15) is 0 Å². The first-order chi connectivity index (χ1) is 17.5. The maximum absolute atomic E-state index is 13.8. The molecule has 1 aliphatic heterocycles. The van der Waals surface area contributed by atoms with Gasteiger partial charge in [-0.05, 0) is 54.5 Å². The van der Waals surface area contributed by atoms with E-state index in [1.165, 1.54) is 21.9 Å². The Hall–Kier alpha value is -3.74. The van der Waals surface area contributed by atoms with E-state index in [0.29, 0.717) is 17.7 Å². The van der Waals surface area contributed by atoms with Crippen molar-refractivity contribution in [3.63, 3.8) is 0 Å². The standard InChI is InChI=1S/C29H30FN3O3/c1-2-24(28(35)31-22-9-3-4-10-22)32(17-19-13-15-21(30)16-14-19)26(34)18-33-25-12-6-8-20-7-5-11-23(27(20)25)29(33)36/h5-8,11-16,22,24H,2-4,9-10,17-18H2,1H3,(H,31,35). The lowest BCUT2D eigenvalue weighted by Crippen LogP contribution is -2.53. The van der Waals surface area contributed by atoms with E-state index in [2.05, 4.69) is 5.32 Å². The Morgan fingerprint density at radius 3 is 2.44 bits per heavy atom. The van der Waals surface area contributed by atoms with Crippen molar-refractivity contribution in [2.75, 3.05) is 11.4 Å². The quantitative estimate of drug-likeness (QED) is 0.496. The van der Waals surface area contributed by atoms with Gasteiger partial charge >= 0.3 is 0 Å². The molecule has 0 spiro atoms. The van der Waals surface area contributed by atoms with Crippen molar-refractivity contribution in [3.05, 3.63) is 77.6 Å². The molecule has 1 aliphatic carbocycles. The Morgan fingerprint density at radius 1 is 1.06 bits per heavy atom. The molecule has 7 heteroatoms. The van der Waals surface area contributed by atoms with E-state index >= 15 is 0 Å². The van der Waals surface area contributed by atoms with Crippen LogP contribution < -0.4 is 10.2 Å². The maximum atomic E-state index is 13.8. The highest BCUT2D eigenvalue weighted by molar-refractivity contribution is 6.26. The second kappa shape index (κ2) is 10.1. The fourth-order valence-corrected chi connectivity index (χ4v) is 5.44. The zero-order chi connectivity index (χ0) is 25.2. The molecule has 5 rings (SSSR count). The van der Waals surface area contributed by atoms with Crippen LogP contribution in [0.15, 0.2) is 60.7 Å². The molecule has 1 unspecified atom stereocenters. The lowest BCUT2D eigenvalue weighted by atomic mass is 10.1.